The van der Waals surface area contributed by atoms with Crippen LogP contribution < -0.4 is 5.32 Å². The van der Waals surface area contributed by atoms with Crippen LogP contribution in [0, 0.1) is 5.92 Å². The summed E-state index contributed by atoms with van der Waals surface area (Å²) in [6, 6.07) is 13.4. The Kier molecular flexibility index (Phi) is 4.78. The molecule has 5 nitrogen and oxygen atoms in total. The summed E-state index contributed by atoms with van der Waals surface area (Å²) < 4.78 is 5.55. The summed E-state index contributed by atoms with van der Waals surface area (Å²) in [5.41, 5.74) is 0.966. The van der Waals surface area contributed by atoms with Crippen LogP contribution >= 0.6 is 0 Å². The molecule has 136 valence electrons. The van der Waals surface area contributed by atoms with Crippen molar-refractivity contribution >= 4 is 11.8 Å². The third-order valence-electron chi connectivity index (χ3n) is 5.54. The Balaban J connectivity index is 1.48. The standard InChI is InChI=1S/C21H24N2O3/c24-19-13-16(14-23(19)17-9-4-5-10-17)21(25)22-20(18-11-6-12-26-18)15-7-2-1-3-8-15/h1-3,6-8,11-12,16-17,20H,4-5,9-10,13-14H2,(H,22,25). The van der Waals surface area contributed by atoms with Crippen molar-refractivity contribution in [2.45, 2.75) is 44.2 Å². The molecule has 5 heteroatoms. The lowest BCUT2D eigenvalue weighted by molar-refractivity contribution is -0.130. The maximum absolute atomic E-state index is 12.9. The topological polar surface area (TPSA) is 62.6 Å². The first-order valence-corrected chi connectivity index (χ1v) is 9.40. The molecule has 1 N–H and O–H groups in total. The Hall–Kier alpha value is -2.56. The molecule has 4 rings (SSSR count). The van der Waals surface area contributed by atoms with Crippen LogP contribution in [-0.4, -0.2) is 29.3 Å². The van der Waals surface area contributed by atoms with Crippen molar-refractivity contribution in [3.05, 3.63) is 60.1 Å². The van der Waals surface area contributed by atoms with E-state index < -0.39 is 0 Å². The smallest absolute Gasteiger partial charge is 0.226 e. The third kappa shape index (κ3) is 3.39. The van der Waals surface area contributed by atoms with E-state index in [1.807, 2.05) is 47.4 Å². The van der Waals surface area contributed by atoms with E-state index in [0.717, 1.165) is 18.4 Å². The van der Waals surface area contributed by atoms with Crippen LogP contribution in [-0.2, 0) is 9.59 Å². The molecule has 2 unspecified atom stereocenters. The van der Waals surface area contributed by atoms with Gasteiger partial charge in [-0.1, -0.05) is 43.2 Å². The van der Waals surface area contributed by atoms with Gasteiger partial charge in [0.2, 0.25) is 11.8 Å². The summed E-state index contributed by atoms with van der Waals surface area (Å²) in [5, 5.41) is 3.10. The third-order valence-corrected chi connectivity index (χ3v) is 5.54. The summed E-state index contributed by atoms with van der Waals surface area (Å²) >= 11 is 0. The minimum Gasteiger partial charge on any atom is -0.467 e. The van der Waals surface area contributed by atoms with E-state index in [1.54, 1.807) is 6.26 Å². The van der Waals surface area contributed by atoms with Crippen molar-refractivity contribution in [1.29, 1.82) is 0 Å². The number of rotatable bonds is 5. The van der Waals surface area contributed by atoms with E-state index in [2.05, 4.69) is 5.32 Å². The van der Waals surface area contributed by atoms with Crippen molar-refractivity contribution in [1.82, 2.24) is 10.2 Å². The summed E-state index contributed by atoms with van der Waals surface area (Å²) in [7, 11) is 0. The van der Waals surface area contributed by atoms with E-state index in [1.165, 1.54) is 12.8 Å². The lowest BCUT2D eigenvalue weighted by Gasteiger charge is -2.24. The Labute approximate surface area is 153 Å². The summed E-state index contributed by atoms with van der Waals surface area (Å²) in [5.74, 6) is 0.446. The second-order valence-corrected chi connectivity index (χ2v) is 7.25. The lowest BCUT2D eigenvalue weighted by atomic mass is 10.0. The SMILES string of the molecule is O=C(NC(c1ccccc1)c1ccco1)C1CC(=O)N(C2CCCC2)C1. The van der Waals surface area contributed by atoms with Crippen LogP contribution in [0.25, 0.3) is 0 Å². The summed E-state index contributed by atoms with van der Waals surface area (Å²) in [6.45, 7) is 0.537. The number of nitrogens with one attached hydrogen (secondary N) is 1. The molecule has 2 fully saturated rings. The van der Waals surface area contributed by atoms with Crippen molar-refractivity contribution in [2.24, 2.45) is 5.92 Å². The number of likely N-dealkylation sites (tertiary alicyclic amines) is 1. The van der Waals surface area contributed by atoms with Crippen LogP contribution in [0.1, 0.15) is 49.5 Å². The number of benzene rings is 1. The fourth-order valence-corrected chi connectivity index (χ4v) is 4.16. The van der Waals surface area contributed by atoms with Gasteiger partial charge in [-0.05, 0) is 30.5 Å². The van der Waals surface area contributed by atoms with Gasteiger partial charge in [-0.15, -0.1) is 0 Å². The van der Waals surface area contributed by atoms with Gasteiger partial charge in [0.05, 0.1) is 12.2 Å². The van der Waals surface area contributed by atoms with Crippen molar-refractivity contribution in [3.63, 3.8) is 0 Å². The fourth-order valence-electron chi connectivity index (χ4n) is 4.16. The first-order valence-electron chi connectivity index (χ1n) is 9.40. The largest absolute Gasteiger partial charge is 0.467 e. The van der Waals surface area contributed by atoms with Gasteiger partial charge in [-0.3, -0.25) is 9.59 Å². The molecule has 0 bridgehead atoms. The van der Waals surface area contributed by atoms with E-state index in [9.17, 15) is 9.59 Å². The predicted molar refractivity (Wildman–Crippen MR) is 97.2 cm³/mol. The van der Waals surface area contributed by atoms with Crippen LogP contribution in [0.4, 0.5) is 0 Å². The summed E-state index contributed by atoms with van der Waals surface area (Å²) in [6.07, 6.45) is 6.42. The summed E-state index contributed by atoms with van der Waals surface area (Å²) in [4.78, 5) is 27.2. The molecule has 2 aliphatic rings. The van der Waals surface area contributed by atoms with E-state index in [4.69, 9.17) is 4.42 Å². The molecule has 1 aromatic heterocycles. The zero-order chi connectivity index (χ0) is 17.9. The molecule has 2 atom stereocenters. The molecule has 1 aromatic carbocycles. The molecule has 26 heavy (non-hydrogen) atoms. The molecule has 0 radical (unpaired) electrons. The van der Waals surface area contributed by atoms with Crippen molar-refractivity contribution in [2.75, 3.05) is 6.54 Å². The normalized spacial score (nSPS) is 21.9. The molecular weight excluding hydrogens is 328 g/mol. The van der Waals surface area contributed by atoms with Gasteiger partial charge in [0.15, 0.2) is 0 Å². The first kappa shape index (κ1) is 16.9. The van der Waals surface area contributed by atoms with Gasteiger partial charge in [0, 0.05) is 19.0 Å². The Morgan fingerprint density at radius 1 is 1.12 bits per heavy atom. The Morgan fingerprint density at radius 2 is 1.88 bits per heavy atom. The number of nitrogens with zero attached hydrogens (tertiary/aromatic N) is 1. The minimum absolute atomic E-state index is 0.0795. The van der Waals surface area contributed by atoms with E-state index in [-0.39, 0.29) is 23.8 Å². The quantitative estimate of drug-likeness (QED) is 0.898. The monoisotopic (exact) mass is 352 g/mol. The molecule has 0 spiro atoms. The van der Waals surface area contributed by atoms with E-state index in [0.29, 0.717) is 24.8 Å². The maximum Gasteiger partial charge on any atom is 0.226 e. The van der Waals surface area contributed by atoms with Gasteiger partial charge in [0.25, 0.3) is 0 Å². The lowest BCUT2D eigenvalue weighted by Crippen LogP contribution is -2.38. The molecule has 1 aliphatic heterocycles. The second-order valence-electron chi connectivity index (χ2n) is 7.25. The molecule has 2 aromatic rings. The number of hydrogen-bond donors (Lipinski definition) is 1. The highest BCUT2D eigenvalue weighted by Gasteiger charge is 2.39. The maximum atomic E-state index is 12.9. The molecule has 2 amide bonds. The number of carbonyl (C=O) groups is 2. The average Bonchev–Trinajstić information content (AvgIpc) is 3.41. The Morgan fingerprint density at radius 3 is 2.58 bits per heavy atom. The molecule has 2 heterocycles. The minimum atomic E-state index is -0.339. The average molecular weight is 352 g/mol. The van der Waals surface area contributed by atoms with Crippen molar-refractivity contribution < 1.29 is 14.0 Å². The molecule has 1 aliphatic carbocycles. The van der Waals surface area contributed by atoms with E-state index >= 15 is 0 Å². The van der Waals surface area contributed by atoms with Gasteiger partial charge in [0.1, 0.15) is 11.8 Å². The van der Waals surface area contributed by atoms with Crippen LogP contribution in [0.2, 0.25) is 0 Å². The van der Waals surface area contributed by atoms with Gasteiger partial charge in [-0.25, -0.2) is 0 Å². The first-order chi connectivity index (χ1) is 12.7. The van der Waals surface area contributed by atoms with Gasteiger partial charge in [-0.2, -0.15) is 0 Å². The Bertz CT molecular complexity index is 751. The molecule has 1 saturated heterocycles. The fraction of sp³-hybridized carbons (Fsp3) is 0.429. The zero-order valence-corrected chi connectivity index (χ0v) is 14.8. The number of carbonyl (C=O) groups excluding carboxylic acids is 2. The number of hydrogen-bond acceptors (Lipinski definition) is 3. The zero-order valence-electron chi connectivity index (χ0n) is 14.8. The second kappa shape index (κ2) is 7.36. The van der Waals surface area contributed by atoms with Crippen molar-refractivity contribution in [3.8, 4) is 0 Å². The predicted octanol–water partition coefficient (Wildman–Crippen LogP) is 3.28. The van der Waals surface area contributed by atoms with Crippen LogP contribution in [0.15, 0.2) is 53.1 Å². The molecule has 1 saturated carbocycles. The number of furan rings is 1. The van der Waals surface area contributed by atoms with Crippen LogP contribution in [0.3, 0.4) is 0 Å². The number of amides is 2. The molecular formula is C21H24N2O3. The van der Waals surface area contributed by atoms with Gasteiger partial charge >= 0.3 is 0 Å². The highest BCUT2D eigenvalue weighted by atomic mass is 16.3. The highest BCUT2D eigenvalue weighted by molar-refractivity contribution is 5.89. The van der Waals surface area contributed by atoms with Gasteiger partial charge < -0.3 is 14.6 Å². The highest BCUT2D eigenvalue weighted by Crippen LogP contribution is 2.30. The van der Waals surface area contributed by atoms with Crippen LogP contribution in [0.5, 0.6) is 0 Å².